The minimum absolute atomic E-state index is 0.239. The fraction of sp³-hybridized carbons (Fsp3) is 0.455. The molecule has 1 aromatic carbocycles. The summed E-state index contributed by atoms with van der Waals surface area (Å²) in [5.74, 6) is 0. The summed E-state index contributed by atoms with van der Waals surface area (Å²) in [4.78, 5) is 0. The third-order valence-corrected chi connectivity index (χ3v) is 2.50. The van der Waals surface area contributed by atoms with Gasteiger partial charge in [-0.3, -0.25) is 0 Å². The first-order valence-corrected chi connectivity index (χ1v) is 4.81. The van der Waals surface area contributed by atoms with Crippen molar-refractivity contribution in [3.05, 3.63) is 35.4 Å². The van der Waals surface area contributed by atoms with Gasteiger partial charge in [0.1, 0.15) is 0 Å². The second-order valence-corrected chi connectivity index (χ2v) is 3.59. The maximum atomic E-state index is 12.3. The van der Waals surface area contributed by atoms with Gasteiger partial charge < -0.3 is 10.5 Å². The van der Waals surface area contributed by atoms with Gasteiger partial charge in [0.05, 0.1) is 17.7 Å². The molecule has 0 saturated carbocycles. The van der Waals surface area contributed by atoms with Crippen LogP contribution in [0.3, 0.4) is 0 Å². The molecule has 0 amide bonds. The number of rotatable bonds is 3. The van der Waals surface area contributed by atoms with Gasteiger partial charge >= 0.3 is 6.18 Å². The second kappa shape index (κ2) is 4.84. The molecule has 0 aliphatic heterocycles. The van der Waals surface area contributed by atoms with Gasteiger partial charge in [-0.2, -0.15) is 13.2 Å². The first-order chi connectivity index (χ1) is 7.36. The zero-order valence-corrected chi connectivity index (χ0v) is 9.08. The molecule has 90 valence electrons. The van der Waals surface area contributed by atoms with Crippen LogP contribution in [-0.4, -0.2) is 13.2 Å². The highest BCUT2D eigenvalue weighted by Crippen LogP contribution is 2.30. The highest BCUT2D eigenvalue weighted by molar-refractivity contribution is 5.27. The van der Waals surface area contributed by atoms with Gasteiger partial charge in [0, 0.05) is 7.11 Å². The molecule has 0 radical (unpaired) electrons. The van der Waals surface area contributed by atoms with Gasteiger partial charge in [0.2, 0.25) is 0 Å². The van der Waals surface area contributed by atoms with E-state index in [2.05, 4.69) is 0 Å². The molecule has 2 atom stereocenters. The normalized spacial score (nSPS) is 15.9. The van der Waals surface area contributed by atoms with Crippen LogP contribution in [-0.2, 0) is 10.9 Å². The van der Waals surface area contributed by atoms with E-state index in [4.69, 9.17) is 10.5 Å². The maximum Gasteiger partial charge on any atom is 0.416 e. The number of ether oxygens (including phenoxy) is 1. The molecule has 0 bridgehead atoms. The summed E-state index contributed by atoms with van der Waals surface area (Å²) in [6, 6.07) is 4.38. The van der Waals surface area contributed by atoms with Crippen LogP contribution in [0.5, 0.6) is 0 Å². The number of hydrogen-bond donors (Lipinski definition) is 1. The summed E-state index contributed by atoms with van der Waals surface area (Å²) in [5.41, 5.74) is 5.76. The predicted octanol–water partition coefficient (Wildman–Crippen LogP) is 2.74. The third-order valence-electron chi connectivity index (χ3n) is 2.50. The van der Waals surface area contributed by atoms with Crippen molar-refractivity contribution in [1.29, 1.82) is 0 Å². The lowest BCUT2D eigenvalue weighted by Crippen LogP contribution is -2.25. The molecule has 5 heteroatoms. The molecule has 2 N–H and O–H groups in total. The minimum atomic E-state index is -4.31. The monoisotopic (exact) mass is 233 g/mol. The topological polar surface area (TPSA) is 35.2 Å². The Morgan fingerprint density at radius 1 is 1.19 bits per heavy atom. The summed E-state index contributed by atoms with van der Waals surface area (Å²) < 4.78 is 41.9. The quantitative estimate of drug-likeness (QED) is 0.871. The van der Waals surface area contributed by atoms with Crippen molar-refractivity contribution in [2.75, 3.05) is 7.11 Å². The van der Waals surface area contributed by atoms with Gasteiger partial charge in [-0.15, -0.1) is 0 Å². The van der Waals surface area contributed by atoms with Crippen molar-refractivity contribution in [3.8, 4) is 0 Å². The zero-order valence-electron chi connectivity index (χ0n) is 9.08. The molecule has 0 saturated heterocycles. The molecule has 0 aliphatic rings. The smallest absolute Gasteiger partial charge is 0.380 e. The Hall–Kier alpha value is -1.07. The number of alkyl halides is 3. The SMILES string of the molecule is COC(C)C(N)c1ccc(C(F)(F)F)cc1. The predicted molar refractivity (Wildman–Crippen MR) is 54.8 cm³/mol. The van der Waals surface area contributed by atoms with Crippen molar-refractivity contribution in [2.24, 2.45) is 5.73 Å². The van der Waals surface area contributed by atoms with Crippen molar-refractivity contribution in [2.45, 2.75) is 25.2 Å². The van der Waals surface area contributed by atoms with Crippen LogP contribution in [0.15, 0.2) is 24.3 Å². The molecule has 1 aromatic rings. The summed E-state index contributed by atoms with van der Waals surface area (Å²) in [6.45, 7) is 1.77. The largest absolute Gasteiger partial charge is 0.416 e. The first kappa shape index (κ1) is 13.0. The Bertz CT molecular complexity index is 334. The first-order valence-electron chi connectivity index (χ1n) is 4.81. The highest BCUT2D eigenvalue weighted by Gasteiger charge is 2.30. The Morgan fingerprint density at radius 2 is 1.69 bits per heavy atom. The standard InChI is InChI=1S/C11H14F3NO/c1-7(16-2)10(15)8-3-5-9(6-4-8)11(12,13)14/h3-7,10H,15H2,1-2H3. The van der Waals surface area contributed by atoms with E-state index in [0.29, 0.717) is 5.56 Å². The molecule has 0 fully saturated rings. The Labute approximate surface area is 92.2 Å². The van der Waals surface area contributed by atoms with Crippen LogP contribution in [0, 0.1) is 0 Å². The molecule has 0 heterocycles. The van der Waals surface area contributed by atoms with Crippen molar-refractivity contribution >= 4 is 0 Å². The van der Waals surface area contributed by atoms with Gasteiger partial charge in [-0.05, 0) is 24.6 Å². The number of halogens is 3. The second-order valence-electron chi connectivity index (χ2n) is 3.59. The fourth-order valence-electron chi connectivity index (χ4n) is 1.31. The number of benzene rings is 1. The molecule has 2 unspecified atom stereocenters. The summed E-state index contributed by atoms with van der Waals surface area (Å²) in [5, 5.41) is 0. The molecule has 0 aromatic heterocycles. The number of nitrogens with two attached hydrogens (primary N) is 1. The van der Waals surface area contributed by atoms with Gasteiger partial charge in [0.15, 0.2) is 0 Å². The Morgan fingerprint density at radius 3 is 2.06 bits per heavy atom. The molecule has 16 heavy (non-hydrogen) atoms. The lowest BCUT2D eigenvalue weighted by molar-refractivity contribution is -0.137. The van der Waals surface area contributed by atoms with Crippen molar-refractivity contribution in [3.63, 3.8) is 0 Å². The Kier molecular flexibility index (Phi) is 3.93. The van der Waals surface area contributed by atoms with Crippen LogP contribution in [0.4, 0.5) is 13.2 Å². The van der Waals surface area contributed by atoms with Crippen LogP contribution in [0.25, 0.3) is 0 Å². The number of hydrogen-bond acceptors (Lipinski definition) is 2. The fourth-order valence-corrected chi connectivity index (χ4v) is 1.31. The number of methoxy groups -OCH3 is 1. The van der Waals surface area contributed by atoms with Crippen molar-refractivity contribution in [1.82, 2.24) is 0 Å². The lowest BCUT2D eigenvalue weighted by Gasteiger charge is -2.19. The van der Waals surface area contributed by atoms with Gasteiger partial charge in [-0.1, -0.05) is 12.1 Å². The Balaban J connectivity index is 2.87. The molecule has 0 spiro atoms. The van der Waals surface area contributed by atoms with Crippen LogP contribution >= 0.6 is 0 Å². The van der Waals surface area contributed by atoms with E-state index in [-0.39, 0.29) is 6.10 Å². The molecular formula is C11H14F3NO. The maximum absolute atomic E-state index is 12.3. The average Bonchev–Trinajstić information content (AvgIpc) is 2.26. The highest BCUT2D eigenvalue weighted by atomic mass is 19.4. The van der Waals surface area contributed by atoms with E-state index in [9.17, 15) is 13.2 Å². The van der Waals surface area contributed by atoms with E-state index in [0.717, 1.165) is 12.1 Å². The summed E-state index contributed by atoms with van der Waals surface area (Å²) in [6.07, 6.45) is -4.55. The van der Waals surface area contributed by atoms with Gasteiger partial charge in [0.25, 0.3) is 0 Å². The molecule has 1 rings (SSSR count). The van der Waals surface area contributed by atoms with E-state index in [1.165, 1.54) is 19.2 Å². The lowest BCUT2D eigenvalue weighted by atomic mass is 10.0. The molecule has 2 nitrogen and oxygen atoms in total. The molecular weight excluding hydrogens is 219 g/mol. The molecule has 0 aliphatic carbocycles. The zero-order chi connectivity index (χ0) is 12.3. The summed E-state index contributed by atoms with van der Waals surface area (Å²) >= 11 is 0. The average molecular weight is 233 g/mol. The van der Waals surface area contributed by atoms with Crippen LogP contribution in [0.1, 0.15) is 24.1 Å². The van der Waals surface area contributed by atoms with E-state index in [1.807, 2.05) is 0 Å². The van der Waals surface area contributed by atoms with Gasteiger partial charge in [-0.25, -0.2) is 0 Å². The minimum Gasteiger partial charge on any atom is -0.380 e. The summed E-state index contributed by atoms with van der Waals surface area (Å²) in [7, 11) is 1.51. The van der Waals surface area contributed by atoms with Crippen LogP contribution in [0.2, 0.25) is 0 Å². The van der Waals surface area contributed by atoms with Crippen molar-refractivity contribution < 1.29 is 17.9 Å². The van der Waals surface area contributed by atoms with E-state index in [1.54, 1.807) is 6.92 Å². The van der Waals surface area contributed by atoms with Crippen LogP contribution < -0.4 is 5.73 Å². The van der Waals surface area contributed by atoms with E-state index < -0.39 is 17.8 Å². The van der Waals surface area contributed by atoms with E-state index >= 15 is 0 Å². The third kappa shape index (κ3) is 2.96.